The Balaban J connectivity index is 1.73. The van der Waals surface area contributed by atoms with Gasteiger partial charge in [-0.25, -0.2) is 22.8 Å². The summed E-state index contributed by atoms with van der Waals surface area (Å²) in [5.74, 6) is -0.408. The fraction of sp³-hybridized carbons (Fsp3) is 0.267. The molecule has 1 saturated heterocycles. The lowest BCUT2D eigenvalue weighted by Gasteiger charge is -2.17. The molecule has 0 radical (unpaired) electrons. The minimum absolute atomic E-state index is 0.0294. The molecule has 2 aromatic rings. The lowest BCUT2D eigenvalue weighted by atomic mass is 10.3. The third kappa shape index (κ3) is 3.20. The lowest BCUT2D eigenvalue weighted by Crippen LogP contribution is -2.31. The molecule has 1 aliphatic heterocycles. The summed E-state index contributed by atoms with van der Waals surface area (Å²) in [5.41, 5.74) is 0.0531. The molecule has 1 unspecified atom stereocenters. The Bertz CT molecular complexity index is 880. The molecule has 0 spiro atoms. The number of benzene rings is 1. The minimum atomic E-state index is -3.71. The summed E-state index contributed by atoms with van der Waals surface area (Å²) in [4.78, 5) is 7.83. The molecule has 1 fully saturated rings. The van der Waals surface area contributed by atoms with E-state index in [9.17, 15) is 12.8 Å². The van der Waals surface area contributed by atoms with Crippen LogP contribution in [0, 0.1) is 17.1 Å². The molecule has 2 heterocycles. The zero-order chi connectivity index (χ0) is 17.2. The van der Waals surface area contributed by atoms with Gasteiger partial charge in [-0.15, -0.1) is 0 Å². The predicted octanol–water partition coefficient (Wildman–Crippen LogP) is 1.33. The topological polar surface area (TPSA) is 96.2 Å². The van der Waals surface area contributed by atoms with Gasteiger partial charge in [0.2, 0.25) is 15.7 Å². The van der Waals surface area contributed by atoms with E-state index in [2.05, 4.69) is 9.97 Å². The number of halogens is 1. The van der Waals surface area contributed by atoms with E-state index in [4.69, 9.17) is 10.00 Å². The number of ether oxygens (including phenoxy) is 1. The first-order valence-corrected chi connectivity index (χ1v) is 8.58. The van der Waals surface area contributed by atoms with E-state index in [1.165, 1.54) is 28.8 Å². The maximum absolute atomic E-state index is 13.0. The fourth-order valence-electron chi connectivity index (χ4n) is 2.41. The van der Waals surface area contributed by atoms with Crippen molar-refractivity contribution in [3.8, 4) is 11.9 Å². The first-order valence-electron chi connectivity index (χ1n) is 7.14. The van der Waals surface area contributed by atoms with Gasteiger partial charge in [-0.05, 0) is 30.7 Å². The van der Waals surface area contributed by atoms with Crippen molar-refractivity contribution in [1.29, 1.82) is 5.26 Å². The van der Waals surface area contributed by atoms with Crippen LogP contribution in [0.4, 0.5) is 4.39 Å². The molecule has 124 valence electrons. The van der Waals surface area contributed by atoms with Gasteiger partial charge in [-0.1, -0.05) is 0 Å². The van der Waals surface area contributed by atoms with Gasteiger partial charge in [0.05, 0.1) is 11.4 Å². The lowest BCUT2D eigenvalue weighted by molar-refractivity contribution is 0.205. The van der Waals surface area contributed by atoms with Crippen molar-refractivity contribution >= 4 is 10.0 Å². The predicted molar refractivity (Wildman–Crippen MR) is 80.9 cm³/mol. The third-order valence-electron chi connectivity index (χ3n) is 3.61. The van der Waals surface area contributed by atoms with E-state index in [0.29, 0.717) is 6.42 Å². The summed E-state index contributed by atoms with van der Waals surface area (Å²) in [5, 5.41) is 8.98. The number of hydrogen-bond acceptors (Lipinski definition) is 6. The molecule has 1 aromatic carbocycles. The van der Waals surface area contributed by atoms with Crippen LogP contribution in [0.2, 0.25) is 0 Å². The van der Waals surface area contributed by atoms with Crippen LogP contribution >= 0.6 is 0 Å². The normalized spacial score (nSPS) is 18.2. The molecular formula is C15H13FN4O3S. The van der Waals surface area contributed by atoms with Crippen LogP contribution in [0.25, 0.3) is 0 Å². The van der Waals surface area contributed by atoms with E-state index in [1.54, 1.807) is 0 Å². The van der Waals surface area contributed by atoms with Gasteiger partial charge in [-0.2, -0.15) is 9.57 Å². The van der Waals surface area contributed by atoms with Crippen molar-refractivity contribution in [2.75, 3.05) is 13.1 Å². The van der Waals surface area contributed by atoms with Gasteiger partial charge < -0.3 is 4.74 Å². The van der Waals surface area contributed by atoms with Crippen LogP contribution < -0.4 is 4.74 Å². The molecule has 0 saturated carbocycles. The molecule has 9 heteroatoms. The van der Waals surface area contributed by atoms with E-state index in [-0.39, 0.29) is 29.6 Å². The Labute approximate surface area is 138 Å². The number of hydrogen-bond donors (Lipinski definition) is 0. The highest BCUT2D eigenvalue weighted by Gasteiger charge is 2.34. The summed E-state index contributed by atoms with van der Waals surface area (Å²) >= 11 is 0. The summed E-state index contributed by atoms with van der Waals surface area (Å²) in [6.45, 7) is 0.397. The maximum atomic E-state index is 13.0. The van der Waals surface area contributed by atoms with Crippen molar-refractivity contribution in [3.63, 3.8) is 0 Å². The van der Waals surface area contributed by atoms with Gasteiger partial charge in [0, 0.05) is 18.9 Å². The monoisotopic (exact) mass is 348 g/mol. The highest BCUT2D eigenvalue weighted by Crippen LogP contribution is 2.24. The molecule has 7 nitrogen and oxygen atoms in total. The van der Waals surface area contributed by atoms with Crippen LogP contribution in [0.15, 0.2) is 41.6 Å². The second-order valence-electron chi connectivity index (χ2n) is 5.17. The molecule has 1 aromatic heterocycles. The van der Waals surface area contributed by atoms with Crippen LogP contribution in [0.3, 0.4) is 0 Å². The maximum Gasteiger partial charge on any atom is 0.251 e. The Morgan fingerprint density at radius 3 is 2.67 bits per heavy atom. The molecule has 0 amide bonds. The van der Waals surface area contributed by atoms with Crippen molar-refractivity contribution in [2.45, 2.75) is 17.4 Å². The molecule has 1 aliphatic rings. The van der Waals surface area contributed by atoms with E-state index < -0.39 is 21.9 Å². The summed E-state index contributed by atoms with van der Waals surface area (Å²) in [6.07, 6.45) is 2.81. The largest absolute Gasteiger partial charge is 0.471 e. The number of sulfonamides is 1. The Hall–Kier alpha value is -2.57. The Kier molecular flexibility index (Phi) is 4.42. The quantitative estimate of drug-likeness (QED) is 0.827. The van der Waals surface area contributed by atoms with Gasteiger partial charge in [0.25, 0.3) is 5.88 Å². The van der Waals surface area contributed by atoms with Gasteiger partial charge in [0.1, 0.15) is 18.0 Å². The third-order valence-corrected chi connectivity index (χ3v) is 5.49. The van der Waals surface area contributed by atoms with Crippen LogP contribution in [0.1, 0.15) is 12.1 Å². The van der Waals surface area contributed by atoms with Crippen molar-refractivity contribution in [3.05, 3.63) is 48.2 Å². The van der Waals surface area contributed by atoms with Gasteiger partial charge >= 0.3 is 0 Å². The number of rotatable bonds is 4. The molecule has 0 bridgehead atoms. The first kappa shape index (κ1) is 16.3. The zero-order valence-corrected chi connectivity index (χ0v) is 13.3. The summed E-state index contributed by atoms with van der Waals surface area (Å²) < 4.78 is 44.9. The Morgan fingerprint density at radius 2 is 1.96 bits per heavy atom. The van der Waals surface area contributed by atoms with E-state index in [1.807, 2.05) is 6.07 Å². The summed E-state index contributed by atoms with van der Waals surface area (Å²) in [6, 6.07) is 6.55. The summed E-state index contributed by atoms with van der Waals surface area (Å²) in [7, 11) is -3.71. The van der Waals surface area contributed by atoms with Crippen LogP contribution in [-0.4, -0.2) is 41.9 Å². The van der Waals surface area contributed by atoms with Gasteiger partial charge in [0.15, 0.2) is 0 Å². The van der Waals surface area contributed by atoms with E-state index >= 15 is 0 Å². The average Bonchev–Trinajstić information content (AvgIpc) is 3.05. The number of nitrogens with zero attached hydrogens (tertiary/aromatic N) is 4. The van der Waals surface area contributed by atoms with Crippen molar-refractivity contribution in [2.24, 2.45) is 0 Å². The molecule has 3 rings (SSSR count). The van der Waals surface area contributed by atoms with Crippen LogP contribution in [-0.2, 0) is 10.0 Å². The van der Waals surface area contributed by atoms with E-state index in [0.717, 1.165) is 12.1 Å². The number of aromatic nitrogens is 2. The van der Waals surface area contributed by atoms with Crippen molar-refractivity contribution in [1.82, 2.24) is 14.3 Å². The highest BCUT2D eigenvalue weighted by molar-refractivity contribution is 7.89. The molecule has 24 heavy (non-hydrogen) atoms. The molecule has 0 aliphatic carbocycles. The first-order chi connectivity index (χ1) is 11.5. The molecular weight excluding hydrogens is 335 g/mol. The second kappa shape index (κ2) is 6.51. The molecule has 1 atom stereocenters. The highest BCUT2D eigenvalue weighted by atomic mass is 32.2. The molecule has 0 N–H and O–H groups in total. The Morgan fingerprint density at radius 1 is 1.25 bits per heavy atom. The average molecular weight is 348 g/mol. The SMILES string of the molecule is N#Cc1nccnc1OC1CCN(S(=O)(=O)c2ccc(F)cc2)C1. The van der Waals surface area contributed by atoms with Crippen molar-refractivity contribution < 1.29 is 17.5 Å². The fourth-order valence-corrected chi connectivity index (χ4v) is 3.90. The van der Waals surface area contributed by atoms with Crippen LogP contribution in [0.5, 0.6) is 5.88 Å². The second-order valence-corrected chi connectivity index (χ2v) is 7.11. The number of nitriles is 1. The van der Waals surface area contributed by atoms with Gasteiger partial charge in [-0.3, -0.25) is 0 Å². The zero-order valence-electron chi connectivity index (χ0n) is 12.5. The standard InChI is InChI=1S/C15H13FN4O3S/c16-11-1-3-13(4-2-11)24(21,22)20-8-5-12(10-20)23-15-14(9-17)18-6-7-19-15/h1-4,6-7,12H,5,8,10H2. The smallest absolute Gasteiger partial charge is 0.251 e. The minimum Gasteiger partial charge on any atom is -0.471 e.